The van der Waals surface area contributed by atoms with Crippen molar-refractivity contribution < 1.29 is 0 Å². The molecular weight excluding hydrogens is 144 g/mol. The van der Waals surface area contributed by atoms with Gasteiger partial charge in [0.2, 0.25) is 0 Å². The average Bonchev–Trinajstić information content (AvgIpc) is 2.38. The lowest BCUT2D eigenvalue weighted by Gasteiger charge is -2.19. The molecule has 0 aromatic heterocycles. The molecule has 0 aromatic carbocycles. The Hall–Kier alpha value is -0.260. The second kappa shape index (κ2) is 2.61. The third-order valence-electron chi connectivity index (χ3n) is 4.14. The molecule has 0 aromatic rings. The van der Waals surface area contributed by atoms with Crippen LogP contribution >= 0.6 is 0 Å². The number of allylic oxidation sites excluding steroid dienone is 1. The average molecular weight is 164 g/mol. The Balaban J connectivity index is 2.26. The van der Waals surface area contributed by atoms with Crippen LogP contribution in [0, 0.1) is 29.6 Å². The van der Waals surface area contributed by atoms with Crippen LogP contribution in [0.4, 0.5) is 0 Å². The molecule has 5 atom stereocenters. The summed E-state index contributed by atoms with van der Waals surface area (Å²) >= 11 is 0. The minimum Gasteiger partial charge on any atom is -0.0996 e. The SMILES string of the molecule is C=C1CC(C)C2C(C)CC(C)C12. The maximum atomic E-state index is 4.23. The van der Waals surface area contributed by atoms with Gasteiger partial charge in [0.1, 0.15) is 0 Å². The quantitative estimate of drug-likeness (QED) is 0.481. The van der Waals surface area contributed by atoms with Crippen molar-refractivity contribution in [1.29, 1.82) is 0 Å². The molecular formula is C12H20. The fraction of sp³-hybridized carbons (Fsp3) is 0.833. The highest BCUT2D eigenvalue weighted by Crippen LogP contribution is 2.55. The summed E-state index contributed by atoms with van der Waals surface area (Å²) in [7, 11) is 0. The zero-order valence-corrected chi connectivity index (χ0v) is 8.51. The summed E-state index contributed by atoms with van der Waals surface area (Å²) in [4.78, 5) is 0. The Morgan fingerprint density at radius 1 is 1.08 bits per heavy atom. The first-order valence-corrected chi connectivity index (χ1v) is 5.29. The van der Waals surface area contributed by atoms with Crippen LogP contribution < -0.4 is 0 Å². The third kappa shape index (κ3) is 0.967. The zero-order chi connectivity index (χ0) is 8.88. The van der Waals surface area contributed by atoms with Gasteiger partial charge in [0.25, 0.3) is 0 Å². The number of hydrogen-bond donors (Lipinski definition) is 0. The van der Waals surface area contributed by atoms with Gasteiger partial charge in [-0.3, -0.25) is 0 Å². The highest BCUT2D eigenvalue weighted by molar-refractivity contribution is 5.16. The molecule has 0 amide bonds. The molecule has 0 heterocycles. The maximum Gasteiger partial charge on any atom is -0.0146 e. The molecule has 0 bridgehead atoms. The van der Waals surface area contributed by atoms with E-state index in [9.17, 15) is 0 Å². The zero-order valence-electron chi connectivity index (χ0n) is 8.51. The van der Waals surface area contributed by atoms with Gasteiger partial charge in [0, 0.05) is 0 Å². The molecule has 5 unspecified atom stereocenters. The molecule has 2 saturated carbocycles. The molecule has 0 aliphatic heterocycles. The number of hydrogen-bond acceptors (Lipinski definition) is 0. The van der Waals surface area contributed by atoms with E-state index in [1.54, 1.807) is 5.57 Å². The van der Waals surface area contributed by atoms with Crippen molar-refractivity contribution in [2.45, 2.75) is 33.6 Å². The van der Waals surface area contributed by atoms with E-state index in [0.717, 1.165) is 29.6 Å². The fourth-order valence-electron chi connectivity index (χ4n) is 3.90. The Morgan fingerprint density at radius 3 is 2.33 bits per heavy atom. The van der Waals surface area contributed by atoms with Gasteiger partial charge in [-0.2, -0.15) is 0 Å². The molecule has 0 heteroatoms. The van der Waals surface area contributed by atoms with Gasteiger partial charge in [-0.25, -0.2) is 0 Å². The molecule has 0 spiro atoms. The van der Waals surface area contributed by atoms with E-state index in [-0.39, 0.29) is 0 Å². The van der Waals surface area contributed by atoms with Gasteiger partial charge in [-0.1, -0.05) is 32.9 Å². The van der Waals surface area contributed by atoms with Gasteiger partial charge in [-0.05, 0) is 42.4 Å². The van der Waals surface area contributed by atoms with Gasteiger partial charge < -0.3 is 0 Å². The largest absolute Gasteiger partial charge is 0.0996 e. The molecule has 12 heavy (non-hydrogen) atoms. The summed E-state index contributed by atoms with van der Waals surface area (Å²) in [5.41, 5.74) is 1.55. The minimum atomic E-state index is 0.870. The smallest absolute Gasteiger partial charge is 0.0146 e. The lowest BCUT2D eigenvalue weighted by Crippen LogP contribution is -2.14. The Morgan fingerprint density at radius 2 is 1.75 bits per heavy atom. The Kier molecular flexibility index (Phi) is 1.82. The highest BCUT2D eigenvalue weighted by atomic mass is 14.5. The monoisotopic (exact) mass is 164 g/mol. The molecule has 0 nitrogen and oxygen atoms in total. The minimum absolute atomic E-state index is 0.870. The van der Waals surface area contributed by atoms with E-state index >= 15 is 0 Å². The first kappa shape index (κ1) is 8.34. The second-order valence-corrected chi connectivity index (χ2v) is 5.13. The van der Waals surface area contributed by atoms with E-state index in [4.69, 9.17) is 0 Å². The first-order valence-electron chi connectivity index (χ1n) is 5.29. The maximum absolute atomic E-state index is 4.23. The predicted octanol–water partition coefficient (Wildman–Crippen LogP) is 3.49. The summed E-state index contributed by atoms with van der Waals surface area (Å²) in [6.45, 7) is 11.5. The molecule has 2 aliphatic carbocycles. The molecule has 0 saturated heterocycles. The van der Waals surface area contributed by atoms with Crippen LogP contribution in [0.5, 0.6) is 0 Å². The molecule has 0 radical (unpaired) electrons. The van der Waals surface area contributed by atoms with Crippen molar-refractivity contribution in [3.8, 4) is 0 Å². The van der Waals surface area contributed by atoms with Crippen molar-refractivity contribution in [2.24, 2.45) is 29.6 Å². The van der Waals surface area contributed by atoms with E-state index in [1.165, 1.54) is 12.8 Å². The number of fused-ring (bicyclic) bond motifs is 1. The summed E-state index contributed by atoms with van der Waals surface area (Å²) in [5.74, 6) is 4.59. The molecule has 68 valence electrons. The number of rotatable bonds is 0. The van der Waals surface area contributed by atoms with Crippen molar-refractivity contribution >= 4 is 0 Å². The highest BCUT2D eigenvalue weighted by Gasteiger charge is 2.46. The van der Waals surface area contributed by atoms with Crippen LogP contribution in [0.2, 0.25) is 0 Å². The third-order valence-corrected chi connectivity index (χ3v) is 4.14. The summed E-state index contributed by atoms with van der Waals surface area (Å²) in [5, 5.41) is 0. The van der Waals surface area contributed by atoms with Gasteiger partial charge >= 0.3 is 0 Å². The molecule has 0 N–H and O–H groups in total. The van der Waals surface area contributed by atoms with Gasteiger partial charge in [0.05, 0.1) is 0 Å². The Labute approximate surface area is 76.1 Å². The normalized spacial score (nSPS) is 52.9. The fourth-order valence-corrected chi connectivity index (χ4v) is 3.90. The summed E-state index contributed by atoms with van der Waals surface area (Å²) < 4.78 is 0. The molecule has 2 aliphatic rings. The van der Waals surface area contributed by atoms with E-state index in [0.29, 0.717) is 0 Å². The van der Waals surface area contributed by atoms with Crippen LogP contribution in [0.25, 0.3) is 0 Å². The lowest BCUT2D eigenvalue weighted by molar-refractivity contribution is 0.300. The molecule has 2 rings (SSSR count). The van der Waals surface area contributed by atoms with Crippen molar-refractivity contribution in [1.82, 2.24) is 0 Å². The van der Waals surface area contributed by atoms with E-state index in [2.05, 4.69) is 27.4 Å². The Bertz CT molecular complexity index is 204. The van der Waals surface area contributed by atoms with Gasteiger partial charge in [-0.15, -0.1) is 0 Å². The van der Waals surface area contributed by atoms with Crippen molar-refractivity contribution in [2.75, 3.05) is 0 Å². The van der Waals surface area contributed by atoms with Crippen molar-refractivity contribution in [3.63, 3.8) is 0 Å². The lowest BCUT2D eigenvalue weighted by atomic mass is 9.86. The van der Waals surface area contributed by atoms with E-state index < -0.39 is 0 Å². The van der Waals surface area contributed by atoms with Crippen molar-refractivity contribution in [3.05, 3.63) is 12.2 Å². The van der Waals surface area contributed by atoms with E-state index in [1.807, 2.05) is 0 Å². The van der Waals surface area contributed by atoms with Crippen LogP contribution in [-0.4, -0.2) is 0 Å². The topological polar surface area (TPSA) is 0 Å². The summed E-state index contributed by atoms with van der Waals surface area (Å²) in [6, 6.07) is 0. The van der Waals surface area contributed by atoms with Crippen LogP contribution in [-0.2, 0) is 0 Å². The van der Waals surface area contributed by atoms with Crippen LogP contribution in [0.1, 0.15) is 33.6 Å². The molecule has 2 fully saturated rings. The first-order chi connectivity index (χ1) is 5.61. The standard InChI is InChI=1S/C12H20/c1-7-5-8(2)12-10(4)6-9(3)11(7)12/h8-12H,1,5-6H2,2-4H3. The second-order valence-electron chi connectivity index (χ2n) is 5.13. The van der Waals surface area contributed by atoms with Gasteiger partial charge in [0.15, 0.2) is 0 Å². The van der Waals surface area contributed by atoms with Crippen LogP contribution in [0.3, 0.4) is 0 Å². The summed E-state index contributed by atoms with van der Waals surface area (Å²) in [6.07, 6.45) is 2.72. The predicted molar refractivity (Wildman–Crippen MR) is 52.8 cm³/mol. The van der Waals surface area contributed by atoms with Crippen LogP contribution in [0.15, 0.2) is 12.2 Å².